The maximum Gasteiger partial charge on any atom is 0.461 e. The highest BCUT2D eigenvalue weighted by atomic mass is 19.3. The second-order valence-electron chi connectivity index (χ2n) is 8.42. The van der Waals surface area contributed by atoms with Crippen LogP contribution in [-0.4, -0.2) is 33.0 Å². The predicted octanol–water partition coefficient (Wildman–Crippen LogP) is 5.51. The quantitative estimate of drug-likeness (QED) is 0.342. The Morgan fingerprint density at radius 1 is 1.11 bits per heavy atom. The summed E-state index contributed by atoms with van der Waals surface area (Å²) in [4.78, 5) is 21.4. The van der Waals surface area contributed by atoms with Crippen molar-refractivity contribution in [3.05, 3.63) is 66.1 Å². The van der Waals surface area contributed by atoms with E-state index in [1.807, 2.05) is 6.07 Å². The molecule has 4 aromatic rings. The summed E-state index contributed by atoms with van der Waals surface area (Å²) in [6.45, 7) is 0.821. The van der Waals surface area contributed by atoms with Gasteiger partial charge in [0.2, 0.25) is 0 Å². The predicted molar refractivity (Wildman–Crippen MR) is 126 cm³/mol. The lowest BCUT2D eigenvalue weighted by Crippen LogP contribution is -2.33. The second kappa shape index (κ2) is 9.14. The summed E-state index contributed by atoms with van der Waals surface area (Å²) in [5, 5.41) is 3.47. The molecule has 2 aromatic heterocycles. The van der Waals surface area contributed by atoms with E-state index < -0.39 is 24.2 Å². The summed E-state index contributed by atoms with van der Waals surface area (Å²) >= 11 is 0. The minimum absolute atomic E-state index is 0.0349. The Morgan fingerprint density at radius 3 is 2.72 bits per heavy atom. The summed E-state index contributed by atoms with van der Waals surface area (Å²) in [6, 6.07) is 11.8. The van der Waals surface area contributed by atoms with Gasteiger partial charge in [0.25, 0.3) is 5.91 Å². The number of hydrogen-bond acceptors (Lipinski definition) is 5. The van der Waals surface area contributed by atoms with Crippen molar-refractivity contribution in [2.75, 3.05) is 11.1 Å². The molecule has 0 spiro atoms. The third-order valence-corrected chi connectivity index (χ3v) is 6.04. The number of rotatable bonds is 6. The number of ether oxygens (including phenoxy) is 1. The lowest BCUT2D eigenvalue weighted by Gasteiger charge is -2.17. The summed E-state index contributed by atoms with van der Waals surface area (Å²) in [7, 11) is 0. The van der Waals surface area contributed by atoms with Gasteiger partial charge in [0.15, 0.2) is 0 Å². The molecule has 0 unspecified atom stereocenters. The Morgan fingerprint density at radius 2 is 1.92 bits per heavy atom. The van der Waals surface area contributed by atoms with E-state index in [1.165, 1.54) is 18.5 Å². The van der Waals surface area contributed by atoms with E-state index in [4.69, 9.17) is 5.73 Å². The van der Waals surface area contributed by atoms with Crippen LogP contribution in [-0.2, 0) is 13.0 Å². The van der Waals surface area contributed by atoms with Crippen LogP contribution in [0.1, 0.15) is 28.9 Å². The SMILES string of the molecule is Nc1ncnc2c1c(-c1cccc(NC(=O)c3cccc(OC(F)(F)C(F)F)c3)c1)c1n2CCCC1. The molecule has 0 saturated heterocycles. The number of aromatic nitrogens is 3. The van der Waals surface area contributed by atoms with Crippen LogP contribution in [0.15, 0.2) is 54.9 Å². The summed E-state index contributed by atoms with van der Waals surface area (Å²) < 4.78 is 57.7. The molecule has 3 N–H and O–H groups in total. The van der Waals surface area contributed by atoms with E-state index in [0.717, 1.165) is 65.8 Å². The first kappa shape index (κ1) is 23.6. The number of nitrogen functional groups attached to an aromatic ring is 1. The zero-order valence-corrected chi connectivity index (χ0v) is 18.8. The lowest BCUT2D eigenvalue weighted by atomic mass is 9.98. The molecule has 0 radical (unpaired) electrons. The van der Waals surface area contributed by atoms with Gasteiger partial charge in [0.1, 0.15) is 23.5 Å². The van der Waals surface area contributed by atoms with Crippen molar-refractivity contribution < 1.29 is 27.1 Å². The van der Waals surface area contributed by atoms with Crippen molar-refractivity contribution in [3.63, 3.8) is 0 Å². The number of alkyl halides is 4. The number of anilines is 2. The molecule has 0 fully saturated rings. The van der Waals surface area contributed by atoms with Crippen LogP contribution in [0.5, 0.6) is 5.75 Å². The van der Waals surface area contributed by atoms with Gasteiger partial charge in [-0.2, -0.15) is 17.6 Å². The molecule has 5 rings (SSSR count). The number of nitrogens with zero attached hydrogens (tertiary/aromatic N) is 3. The minimum atomic E-state index is -4.67. The van der Waals surface area contributed by atoms with E-state index in [-0.39, 0.29) is 5.56 Å². The highest BCUT2D eigenvalue weighted by molar-refractivity contribution is 6.06. The normalized spacial score (nSPS) is 13.6. The zero-order chi connectivity index (χ0) is 25.4. The van der Waals surface area contributed by atoms with Crippen LogP contribution in [0.3, 0.4) is 0 Å². The van der Waals surface area contributed by atoms with E-state index in [0.29, 0.717) is 11.5 Å². The Bertz CT molecular complexity index is 1450. The summed E-state index contributed by atoms with van der Waals surface area (Å²) in [6.07, 6.45) is -4.34. The van der Waals surface area contributed by atoms with Crippen LogP contribution in [0.4, 0.5) is 29.1 Å². The molecule has 0 aliphatic carbocycles. The average molecular weight is 499 g/mol. The molecule has 1 amide bonds. The molecular formula is C25H21F4N5O2. The average Bonchev–Trinajstić information content (AvgIpc) is 3.20. The first-order valence-electron chi connectivity index (χ1n) is 11.2. The number of nitrogens with one attached hydrogen (secondary N) is 1. The zero-order valence-electron chi connectivity index (χ0n) is 18.8. The molecule has 1 aliphatic rings. The van der Waals surface area contributed by atoms with Gasteiger partial charge in [0.05, 0.1) is 5.39 Å². The fraction of sp³-hybridized carbons (Fsp3) is 0.240. The van der Waals surface area contributed by atoms with Gasteiger partial charge in [-0.1, -0.05) is 18.2 Å². The maximum atomic E-state index is 13.3. The van der Waals surface area contributed by atoms with Crippen molar-refractivity contribution in [1.29, 1.82) is 0 Å². The molecule has 186 valence electrons. The fourth-order valence-corrected chi connectivity index (χ4v) is 4.47. The molecule has 11 heteroatoms. The molecule has 0 atom stereocenters. The molecular weight excluding hydrogens is 478 g/mol. The third-order valence-electron chi connectivity index (χ3n) is 6.04. The third kappa shape index (κ3) is 4.32. The Balaban J connectivity index is 1.45. The topological polar surface area (TPSA) is 95.1 Å². The number of halogens is 4. The number of aryl methyl sites for hydroxylation is 1. The fourth-order valence-electron chi connectivity index (χ4n) is 4.47. The Labute approximate surface area is 202 Å². The van der Waals surface area contributed by atoms with Crippen molar-refractivity contribution in [2.24, 2.45) is 0 Å². The highest BCUT2D eigenvalue weighted by Crippen LogP contribution is 2.40. The van der Waals surface area contributed by atoms with Gasteiger partial charge in [-0.15, -0.1) is 0 Å². The largest absolute Gasteiger partial charge is 0.461 e. The summed E-state index contributed by atoms with van der Waals surface area (Å²) in [5.74, 6) is -0.808. The van der Waals surface area contributed by atoms with E-state index in [9.17, 15) is 22.4 Å². The van der Waals surface area contributed by atoms with Crippen molar-refractivity contribution in [3.8, 4) is 16.9 Å². The molecule has 0 saturated carbocycles. The lowest BCUT2D eigenvalue weighted by molar-refractivity contribution is -0.253. The van der Waals surface area contributed by atoms with Crippen LogP contribution in [0, 0.1) is 0 Å². The number of hydrogen-bond donors (Lipinski definition) is 2. The maximum absolute atomic E-state index is 13.3. The van der Waals surface area contributed by atoms with E-state index in [2.05, 4.69) is 24.6 Å². The van der Waals surface area contributed by atoms with Gasteiger partial charge in [-0.25, -0.2) is 9.97 Å². The van der Waals surface area contributed by atoms with Crippen molar-refractivity contribution in [2.45, 2.75) is 38.3 Å². The van der Waals surface area contributed by atoms with E-state index in [1.54, 1.807) is 18.2 Å². The number of carbonyl (C=O) groups is 1. The van der Waals surface area contributed by atoms with Crippen LogP contribution in [0.25, 0.3) is 22.2 Å². The summed E-state index contributed by atoms with van der Waals surface area (Å²) in [5.41, 5.74) is 10.2. The number of fused-ring (bicyclic) bond motifs is 3. The van der Waals surface area contributed by atoms with Gasteiger partial charge < -0.3 is 20.4 Å². The molecule has 3 heterocycles. The molecule has 0 bridgehead atoms. The van der Waals surface area contributed by atoms with Gasteiger partial charge in [-0.05, 0) is 55.2 Å². The Hall–Kier alpha value is -4.15. The Kier molecular flexibility index (Phi) is 5.99. The standard InChI is InChI=1S/C25H21F4N5O2/c26-24(27)25(28,29)36-17-8-4-6-15(12-17)23(35)33-16-7-3-5-14(11-16)19-18-9-1-2-10-34(18)22-20(19)21(30)31-13-32-22/h3-8,11-13,24H,1-2,9-10H2,(H,33,35)(H2,30,31,32). The van der Waals surface area contributed by atoms with E-state index >= 15 is 0 Å². The van der Waals surface area contributed by atoms with Crippen molar-refractivity contribution >= 4 is 28.4 Å². The number of benzene rings is 2. The van der Waals surface area contributed by atoms with Gasteiger partial charge in [-0.3, -0.25) is 4.79 Å². The van der Waals surface area contributed by atoms with Gasteiger partial charge in [0, 0.05) is 29.1 Å². The van der Waals surface area contributed by atoms with Crippen molar-refractivity contribution in [1.82, 2.24) is 14.5 Å². The molecule has 2 aromatic carbocycles. The molecule has 36 heavy (non-hydrogen) atoms. The smallest absolute Gasteiger partial charge is 0.428 e. The monoisotopic (exact) mass is 499 g/mol. The minimum Gasteiger partial charge on any atom is -0.428 e. The number of carbonyl (C=O) groups excluding carboxylic acids is 1. The number of amides is 1. The second-order valence-corrected chi connectivity index (χ2v) is 8.42. The first-order valence-corrected chi connectivity index (χ1v) is 11.2. The first-order chi connectivity index (χ1) is 17.2. The van der Waals surface area contributed by atoms with Crippen LogP contribution >= 0.6 is 0 Å². The van der Waals surface area contributed by atoms with Crippen LogP contribution < -0.4 is 15.8 Å². The molecule has 7 nitrogen and oxygen atoms in total. The highest BCUT2D eigenvalue weighted by Gasteiger charge is 2.44. The number of nitrogens with two attached hydrogens (primary N) is 1. The van der Waals surface area contributed by atoms with Crippen LogP contribution in [0.2, 0.25) is 0 Å². The van der Waals surface area contributed by atoms with Gasteiger partial charge >= 0.3 is 12.5 Å². The molecule has 1 aliphatic heterocycles.